The number of sulfone groups is 1. The van der Waals surface area contributed by atoms with Gasteiger partial charge in [-0.25, -0.2) is 13.2 Å². The number of aromatic amines is 1. The predicted molar refractivity (Wildman–Crippen MR) is 83.6 cm³/mol. The van der Waals surface area contributed by atoms with Crippen LogP contribution in [0.15, 0.2) is 22.8 Å². The van der Waals surface area contributed by atoms with Crippen molar-refractivity contribution in [3.05, 3.63) is 33.9 Å². The molecular weight excluding hydrogens is 358 g/mol. The molecule has 1 aromatic carbocycles. The van der Waals surface area contributed by atoms with Crippen LogP contribution < -0.4 is 0 Å². The lowest BCUT2D eigenvalue weighted by atomic mass is 9.95. The number of nitrogens with one attached hydrogen (secondary N) is 1. The maximum Gasteiger partial charge on any atom is 0.337 e. The Morgan fingerprint density at radius 3 is 2.81 bits per heavy atom. The number of aromatic carboxylic acids is 1. The molecule has 112 valence electrons. The summed E-state index contributed by atoms with van der Waals surface area (Å²) >= 11 is 3.32. The molecule has 3 rings (SSSR count). The van der Waals surface area contributed by atoms with Crippen molar-refractivity contribution >= 4 is 42.6 Å². The van der Waals surface area contributed by atoms with Crippen molar-refractivity contribution in [3.63, 3.8) is 0 Å². The van der Waals surface area contributed by atoms with Gasteiger partial charge in [0, 0.05) is 16.1 Å². The van der Waals surface area contributed by atoms with E-state index in [1.165, 1.54) is 0 Å². The molecule has 0 saturated carbocycles. The molecule has 5 nitrogen and oxygen atoms in total. The highest BCUT2D eigenvalue weighted by atomic mass is 79.9. The van der Waals surface area contributed by atoms with Gasteiger partial charge in [-0.15, -0.1) is 0 Å². The van der Waals surface area contributed by atoms with Crippen molar-refractivity contribution in [2.75, 3.05) is 11.5 Å². The Balaban J connectivity index is 2.14. The first-order chi connectivity index (χ1) is 9.87. The van der Waals surface area contributed by atoms with Crippen LogP contribution in [0.2, 0.25) is 0 Å². The zero-order chi connectivity index (χ0) is 15.2. The predicted octanol–water partition coefficient (Wildman–Crippen LogP) is 2.92. The van der Waals surface area contributed by atoms with Crippen molar-refractivity contribution in [2.24, 2.45) is 0 Å². The number of hydrogen-bond acceptors (Lipinski definition) is 3. The normalized spacial score (nSPS) is 21.5. The number of H-pyrrole nitrogens is 1. The van der Waals surface area contributed by atoms with Crippen LogP contribution in [0, 0.1) is 0 Å². The monoisotopic (exact) mass is 371 g/mol. The highest BCUT2D eigenvalue weighted by molar-refractivity contribution is 9.10. The molecular formula is C14H14BrNO4S. The molecule has 0 bridgehead atoms. The summed E-state index contributed by atoms with van der Waals surface area (Å²) in [6.07, 6.45) is 3.20. The Morgan fingerprint density at radius 1 is 1.38 bits per heavy atom. The molecule has 2 heterocycles. The third-order valence-corrected chi connectivity index (χ3v) is 6.20. The zero-order valence-corrected chi connectivity index (χ0v) is 13.5. The fraction of sp³-hybridized carbons (Fsp3) is 0.357. The molecule has 1 unspecified atom stereocenters. The van der Waals surface area contributed by atoms with Crippen molar-refractivity contribution in [1.29, 1.82) is 0 Å². The molecule has 1 aliphatic rings. The lowest BCUT2D eigenvalue weighted by Gasteiger charge is -2.21. The van der Waals surface area contributed by atoms with Crippen LogP contribution in [0.4, 0.5) is 0 Å². The molecule has 0 amide bonds. The van der Waals surface area contributed by atoms with Gasteiger partial charge in [0.25, 0.3) is 0 Å². The molecule has 21 heavy (non-hydrogen) atoms. The van der Waals surface area contributed by atoms with E-state index < -0.39 is 15.8 Å². The number of aromatic nitrogens is 1. The summed E-state index contributed by atoms with van der Waals surface area (Å²) in [5.74, 6) is -0.704. The SMILES string of the molecule is O=C(O)c1cc(Br)cc2c(C3CCCS(=O)(=O)C3)c[nH]c12. The van der Waals surface area contributed by atoms with Gasteiger partial charge < -0.3 is 10.1 Å². The molecule has 0 radical (unpaired) electrons. The van der Waals surface area contributed by atoms with Crippen molar-refractivity contribution in [2.45, 2.75) is 18.8 Å². The van der Waals surface area contributed by atoms with Crippen LogP contribution in [-0.4, -0.2) is 36.0 Å². The van der Waals surface area contributed by atoms with E-state index in [9.17, 15) is 18.3 Å². The van der Waals surface area contributed by atoms with E-state index in [1.54, 1.807) is 12.3 Å². The summed E-state index contributed by atoms with van der Waals surface area (Å²) in [5, 5.41) is 10.1. The van der Waals surface area contributed by atoms with Crippen molar-refractivity contribution in [3.8, 4) is 0 Å². The number of carbonyl (C=O) groups is 1. The smallest absolute Gasteiger partial charge is 0.337 e. The number of carboxylic acid groups (broad SMARTS) is 1. The second-order valence-electron chi connectivity index (χ2n) is 5.38. The molecule has 0 spiro atoms. The number of fused-ring (bicyclic) bond motifs is 1. The summed E-state index contributed by atoms with van der Waals surface area (Å²) in [6.45, 7) is 0. The van der Waals surface area contributed by atoms with Gasteiger partial charge in [0.15, 0.2) is 9.84 Å². The maximum absolute atomic E-state index is 11.8. The van der Waals surface area contributed by atoms with Gasteiger partial charge in [-0.1, -0.05) is 15.9 Å². The van der Waals surface area contributed by atoms with Crippen LogP contribution in [0.5, 0.6) is 0 Å². The highest BCUT2D eigenvalue weighted by Crippen LogP contribution is 2.35. The number of carboxylic acids is 1. The summed E-state index contributed by atoms with van der Waals surface area (Å²) < 4.78 is 24.3. The molecule has 1 aliphatic heterocycles. The number of benzene rings is 1. The lowest BCUT2D eigenvalue weighted by molar-refractivity contribution is 0.0698. The second-order valence-corrected chi connectivity index (χ2v) is 8.52. The Bertz CT molecular complexity index is 825. The molecule has 1 atom stereocenters. The number of halogens is 1. The first kappa shape index (κ1) is 14.6. The zero-order valence-electron chi connectivity index (χ0n) is 11.1. The van der Waals surface area contributed by atoms with Crippen molar-refractivity contribution in [1.82, 2.24) is 4.98 Å². The lowest BCUT2D eigenvalue weighted by Crippen LogP contribution is -2.23. The fourth-order valence-electron chi connectivity index (χ4n) is 2.99. The quantitative estimate of drug-likeness (QED) is 0.849. The Kier molecular flexibility index (Phi) is 3.57. The molecule has 1 fully saturated rings. The first-order valence-electron chi connectivity index (χ1n) is 6.61. The van der Waals surface area contributed by atoms with Gasteiger partial charge in [0.05, 0.1) is 22.6 Å². The van der Waals surface area contributed by atoms with E-state index in [0.717, 1.165) is 17.4 Å². The highest BCUT2D eigenvalue weighted by Gasteiger charge is 2.28. The van der Waals surface area contributed by atoms with E-state index in [1.807, 2.05) is 6.07 Å². The third kappa shape index (κ3) is 2.72. The number of rotatable bonds is 2. The summed E-state index contributed by atoms with van der Waals surface area (Å²) in [7, 11) is -3.01. The van der Waals surface area contributed by atoms with Crippen molar-refractivity contribution < 1.29 is 18.3 Å². The van der Waals surface area contributed by atoms with Gasteiger partial charge in [-0.2, -0.15) is 0 Å². The standard InChI is InChI=1S/C14H14BrNO4S/c15-9-4-10-12(8-2-1-3-21(19,20)7-8)6-16-13(10)11(5-9)14(17)18/h4-6,8,16H,1-3,7H2,(H,17,18). The van der Waals surface area contributed by atoms with E-state index in [2.05, 4.69) is 20.9 Å². The minimum Gasteiger partial charge on any atom is -0.478 e. The maximum atomic E-state index is 11.8. The average Bonchev–Trinajstić information content (AvgIpc) is 2.79. The van der Waals surface area contributed by atoms with Crippen LogP contribution >= 0.6 is 15.9 Å². The minimum absolute atomic E-state index is 0.0755. The van der Waals surface area contributed by atoms with Crippen LogP contribution in [0.1, 0.15) is 34.7 Å². The second kappa shape index (κ2) is 5.14. The summed E-state index contributed by atoms with van der Waals surface area (Å²) in [6, 6.07) is 3.39. The van der Waals surface area contributed by atoms with Crippen LogP contribution in [0.25, 0.3) is 10.9 Å². The number of hydrogen-bond donors (Lipinski definition) is 2. The molecule has 1 saturated heterocycles. The van der Waals surface area contributed by atoms with Gasteiger partial charge in [-0.3, -0.25) is 0 Å². The molecule has 2 aromatic rings. The topological polar surface area (TPSA) is 87.2 Å². The first-order valence-corrected chi connectivity index (χ1v) is 9.23. The molecule has 2 N–H and O–H groups in total. The van der Waals surface area contributed by atoms with Gasteiger partial charge in [-0.05, 0) is 36.5 Å². The average molecular weight is 372 g/mol. The molecule has 1 aromatic heterocycles. The van der Waals surface area contributed by atoms with Gasteiger partial charge in [0.2, 0.25) is 0 Å². The molecule has 0 aliphatic carbocycles. The summed E-state index contributed by atoms with van der Waals surface area (Å²) in [4.78, 5) is 14.3. The minimum atomic E-state index is -3.01. The Hall–Kier alpha value is -1.34. The van der Waals surface area contributed by atoms with E-state index in [4.69, 9.17) is 0 Å². The van der Waals surface area contributed by atoms with Crippen LogP contribution in [-0.2, 0) is 9.84 Å². The fourth-order valence-corrected chi connectivity index (χ4v) is 5.18. The van der Waals surface area contributed by atoms with Gasteiger partial charge in [0.1, 0.15) is 0 Å². The third-order valence-electron chi connectivity index (χ3n) is 3.92. The van der Waals surface area contributed by atoms with E-state index in [-0.39, 0.29) is 23.0 Å². The van der Waals surface area contributed by atoms with E-state index >= 15 is 0 Å². The van der Waals surface area contributed by atoms with Crippen LogP contribution in [0.3, 0.4) is 0 Å². The molecule has 7 heteroatoms. The Morgan fingerprint density at radius 2 is 2.14 bits per heavy atom. The van der Waals surface area contributed by atoms with E-state index in [0.29, 0.717) is 16.4 Å². The van der Waals surface area contributed by atoms with Gasteiger partial charge >= 0.3 is 5.97 Å². The Labute approximate surface area is 130 Å². The largest absolute Gasteiger partial charge is 0.478 e. The summed E-state index contributed by atoms with van der Waals surface area (Å²) in [5.41, 5.74) is 1.62.